The number of likely N-dealkylation sites (tertiary alicyclic amines) is 1. The molecule has 46 heavy (non-hydrogen) atoms. The number of aryl methyl sites for hydroxylation is 2. The van der Waals surface area contributed by atoms with Gasteiger partial charge in [-0.05, 0) is 81.3 Å². The Balaban J connectivity index is 1.58. The Kier molecular flexibility index (Phi) is 10.3. The number of para-hydroxylation sites is 1. The van der Waals surface area contributed by atoms with Gasteiger partial charge in [-0.3, -0.25) is 14.4 Å². The van der Waals surface area contributed by atoms with Crippen molar-refractivity contribution in [2.75, 3.05) is 42.6 Å². The molecule has 3 unspecified atom stereocenters. The zero-order chi connectivity index (χ0) is 33.2. The number of anilines is 2. The minimum atomic E-state index is -0.757. The van der Waals surface area contributed by atoms with Gasteiger partial charge >= 0.3 is 0 Å². The van der Waals surface area contributed by atoms with Crippen LogP contribution in [0, 0.1) is 31.6 Å². The number of aliphatic hydroxyl groups is 1. The van der Waals surface area contributed by atoms with Gasteiger partial charge in [0.1, 0.15) is 11.8 Å². The number of ether oxygens (including phenoxy) is 1. The number of carbonyl (C=O) groups excluding carboxylic acids is 3. The number of hydrogen-bond acceptors (Lipinski definition) is 6. The fourth-order valence-corrected chi connectivity index (χ4v) is 10.4. The van der Waals surface area contributed by atoms with Crippen LogP contribution in [0.1, 0.15) is 44.2 Å². The van der Waals surface area contributed by atoms with Gasteiger partial charge in [-0.1, -0.05) is 37.3 Å². The zero-order valence-electron chi connectivity index (χ0n) is 27.5. The van der Waals surface area contributed by atoms with Crippen molar-refractivity contribution in [3.8, 4) is 5.75 Å². The van der Waals surface area contributed by atoms with Crippen LogP contribution in [0.25, 0.3) is 0 Å². The summed E-state index contributed by atoms with van der Waals surface area (Å²) in [6.45, 7) is 17.4. The van der Waals surface area contributed by atoms with E-state index in [1.165, 1.54) is 0 Å². The predicted octanol–water partition coefficient (Wildman–Crippen LogP) is 5.55. The number of thioether (sulfide) groups is 1. The van der Waals surface area contributed by atoms with Crippen molar-refractivity contribution >= 4 is 40.9 Å². The number of benzene rings is 2. The maximum absolute atomic E-state index is 15.0. The van der Waals surface area contributed by atoms with Crippen LogP contribution in [0.5, 0.6) is 5.75 Å². The van der Waals surface area contributed by atoms with Crippen LogP contribution in [0.3, 0.4) is 0 Å². The first kappa shape index (κ1) is 33.8. The number of nitrogens with zero attached hydrogens (tertiary/aromatic N) is 3. The SMILES string of the molecule is C=CCN(C(=O)[C@@H]1[C@H]2C(=O)N(CCCCO)C(C(=O)N(CC=C)c3c(C)cccc3C)C23S[C@@H]1CC3C)c1ccc(OCC)cc1. The third-order valence-corrected chi connectivity index (χ3v) is 12.0. The minimum Gasteiger partial charge on any atom is -0.494 e. The van der Waals surface area contributed by atoms with Gasteiger partial charge in [-0.15, -0.1) is 24.9 Å². The van der Waals surface area contributed by atoms with Crippen LogP contribution in [-0.2, 0) is 14.4 Å². The van der Waals surface area contributed by atoms with E-state index >= 15 is 4.79 Å². The van der Waals surface area contributed by atoms with Gasteiger partial charge in [0.15, 0.2) is 0 Å². The highest BCUT2D eigenvalue weighted by Gasteiger charge is 2.76. The molecule has 3 saturated heterocycles. The number of unbranched alkanes of at least 4 members (excludes halogenated alkanes) is 1. The minimum absolute atomic E-state index is 0.00709. The van der Waals surface area contributed by atoms with E-state index in [0.29, 0.717) is 44.8 Å². The molecule has 5 rings (SSSR count). The summed E-state index contributed by atoms with van der Waals surface area (Å²) in [5.74, 6) is -0.846. The molecule has 6 atom stereocenters. The standard InChI is InChI=1S/C37H47N3O5S/c1-7-19-38(27-15-17-28(18-16-27)45-9-3)34(42)30-29-23-26(6)37(46-29)31(30)35(43)40(21-10-11-22-41)33(37)36(44)39(20-8-2)32-24(4)13-12-14-25(32)5/h7-8,12-18,26,29-31,33,41H,1-2,9-11,19-23H2,3-6H3/t26?,29-,30+,31+,33?,37?/m1/s1. The van der Waals surface area contributed by atoms with E-state index in [1.54, 1.807) is 38.6 Å². The summed E-state index contributed by atoms with van der Waals surface area (Å²) in [6, 6.07) is 12.7. The van der Waals surface area contributed by atoms with Crippen LogP contribution >= 0.6 is 11.8 Å². The van der Waals surface area contributed by atoms with Crippen molar-refractivity contribution in [1.82, 2.24) is 4.90 Å². The number of rotatable bonds is 14. The quantitative estimate of drug-likeness (QED) is 0.214. The number of carbonyl (C=O) groups is 3. The van der Waals surface area contributed by atoms with Crippen molar-refractivity contribution in [3.05, 3.63) is 78.9 Å². The maximum Gasteiger partial charge on any atom is 0.251 e. The molecule has 3 aliphatic rings. The zero-order valence-corrected chi connectivity index (χ0v) is 28.3. The molecule has 0 saturated carbocycles. The first-order valence-electron chi connectivity index (χ1n) is 16.4. The molecule has 8 nitrogen and oxygen atoms in total. The van der Waals surface area contributed by atoms with Crippen molar-refractivity contribution < 1.29 is 24.2 Å². The lowest BCUT2D eigenvalue weighted by atomic mass is 9.65. The number of hydrogen-bond donors (Lipinski definition) is 1. The fourth-order valence-electron chi connectivity index (χ4n) is 8.04. The molecular weight excluding hydrogens is 598 g/mol. The van der Waals surface area contributed by atoms with Crippen LogP contribution in [0.4, 0.5) is 11.4 Å². The lowest BCUT2D eigenvalue weighted by Gasteiger charge is -2.41. The molecule has 246 valence electrons. The van der Waals surface area contributed by atoms with Gasteiger partial charge in [-0.25, -0.2) is 0 Å². The summed E-state index contributed by atoms with van der Waals surface area (Å²) in [5, 5.41) is 9.49. The van der Waals surface area contributed by atoms with Gasteiger partial charge in [0, 0.05) is 42.9 Å². The molecule has 2 bridgehead atoms. The average molecular weight is 646 g/mol. The van der Waals surface area contributed by atoms with E-state index < -0.39 is 22.6 Å². The summed E-state index contributed by atoms with van der Waals surface area (Å²) in [6.07, 6.45) is 5.26. The molecule has 0 aromatic heterocycles. The van der Waals surface area contributed by atoms with E-state index in [2.05, 4.69) is 20.1 Å². The smallest absolute Gasteiger partial charge is 0.251 e. The summed E-state index contributed by atoms with van der Waals surface area (Å²) < 4.78 is 4.86. The molecule has 0 radical (unpaired) electrons. The predicted molar refractivity (Wildman–Crippen MR) is 185 cm³/mol. The summed E-state index contributed by atoms with van der Waals surface area (Å²) >= 11 is 1.68. The van der Waals surface area contributed by atoms with Crippen molar-refractivity contribution in [2.24, 2.45) is 17.8 Å². The Morgan fingerprint density at radius 2 is 1.70 bits per heavy atom. The second kappa shape index (κ2) is 14.1. The highest BCUT2D eigenvalue weighted by molar-refractivity contribution is 8.02. The van der Waals surface area contributed by atoms with E-state index in [9.17, 15) is 14.7 Å². The largest absolute Gasteiger partial charge is 0.494 e. The molecular formula is C37H47N3O5S. The normalized spacial score (nSPS) is 26.2. The Labute approximate surface area is 277 Å². The Hall–Kier alpha value is -3.56. The van der Waals surface area contributed by atoms with Gasteiger partial charge in [0.25, 0.3) is 5.91 Å². The average Bonchev–Trinajstić information content (AvgIpc) is 3.63. The van der Waals surface area contributed by atoms with E-state index in [4.69, 9.17) is 4.74 Å². The number of fused-ring (bicyclic) bond motifs is 1. The van der Waals surface area contributed by atoms with Crippen molar-refractivity contribution in [1.29, 1.82) is 0 Å². The monoisotopic (exact) mass is 645 g/mol. The maximum atomic E-state index is 15.0. The molecule has 3 fully saturated rings. The summed E-state index contributed by atoms with van der Waals surface area (Å²) in [7, 11) is 0. The van der Waals surface area contributed by atoms with E-state index in [1.807, 2.05) is 63.2 Å². The molecule has 3 heterocycles. The Bertz CT molecular complexity index is 1460. The topological polar surface area (TPSA) is 90.4 Å². The lowest BCUT2D eigenvalue weighted by molar-refractivity contribution is -0.139. The van der Waals surface area contributed by atoms with Crippen LogP contribution in [0.15, 0.2) is 67.8 Å². The molecule has 0 aliphatic carbocycles. The van der Waals surface area contributed by atoms with Crippen LogP contribution in [-0.4, -0.2) is 76.6 Å². The van der Waals surface area contributed by atoms with Crippen LogP contribution in [0.2, 0.25) is 0 Å². The highest BCUT2D eigenvalue weighted by atomic mass is 32.2. The van der Waals surface area contributed by atoms with Crippen molar-refractivity contribution in [2.45, 2.75) is 63.0 Å². The fraction of sp³-hybridized carbons (Fsp3) is 0.486. The van der Waals surface area contributed by atoms with Gasteiger partial charge in [0.05, 0.1) is 23.2 Å². The van der Waals surface area contributed by atoms with Gasteiger partial charge in [-0.2, -0.15) is 0 Å². The first-order valence-corrected chi connectivity index (χ1v) is 17.3. The summed E-state index contributed by atoms with van der Waals surface area (Å²) in [5.41, 5.74) is 3.49. The third-order valence-electron chi connectivity index (χ3n) is 9.90. The lowest BCUT2D eigenvalue weighted by Crippen LogP contribution is -2.58. The molecule has 2 aromatic rings. The van der Waals surface area contributed by atoms with Gasteiger partial charge < -0.3 is 24.5 Å². The molecule has 1 spiro atoms. The van der Waals surface area contributed by atoms with Gasteiger partial charge in [0.2, 0.25) is 11.8 Å². The third kappa shape index (κ3) is 5.66. The van der Waals surface area contributed by atoms with Crippen LogP contribution < -0.4 is 14.5 Å². The number of amides is 3. The molecule has 3 amide bonds. The molecule has 1 N–H and O–H groups in total. The summed E-state index contributed by atoms with van der Waals surface area (Å²) in [4.78, 5) is 49.6. The van der Waals surface area contributed by atoms with E-state index in [0.717, 1.165) is 29.0 Å². The molecule has 3 aliphatic heterocycles. The molecule has 9 heteroatoms. The Morgan fingerprint density at radius 3 is 2.30 bits per heavy atom. The first-order chi connectivity index (χ1) is 22.2. The second-order valence-electron chi connectivity index (χ2n) is 12.7. The molecule has 2 aromatic carbocycles. The second-order valence-corrected chi connectivity index (χ2v) is 14.2. The van der Waals surface area contributed by atoms with E-state index in [-0.39, 0.29) is 35.5 Å². The van der Waals surface area contributed by atoms with Crippen molar-refractivity contribution in [3.63, 3.8) is 0 Å². The highest BCUT2D eigenvalue weighted by Crippen LogP contribution is 2.69. The Morgan fingerprint density at radius 1 is 1.04 bits per heavy atom. The number of aliphatic hydroxyl groups excluding tert-OH is 1.